The number of Topliss-reactive ketones (excluding diaryl/α,β-unsaturated/α-hetero) is 2. The van der Waals surface area contributed by atoms with Crippen LogP contribution >= 0.6 is 0 Å². The Kier molecular flexibility index (Phi) is 3.49. The molecular weight excluding hydrogens is 219 g/mol. The minimum Gasteiger partial charge on any atom is -0.437 e. The van der Waals surface area contributed by atoms with Crippen LogP contribution in [0.1, 0.15) is 13.8 Å². The van der Waals surface area contributed by atoms with Gasteiger partial charge in [0.25, 0.3) is 5.92 Å². The van der Waals surface area contributed by atoms with Crippen LogP contribution in [0.5, 0.6) is 0 Å². The molecule has 0 heterocycles. The van der Waals surface area contributed by atoms with E-state index in [2.05, 4.69) is 5.23 Å². The largest absolute Gasteiger partial charge is 0.437 e. The normalized spacial score (nSPS) is 28.4. The van der Waals surface area contributed by atoms with Crippen LogP contribution in [-0.4, -0.2) is 35.6 Å². The zero-order valence-corrected chi connectivity index (χ0v) is 9.33. The van der Waals surface area contributed by atoms with Crippen LogP contribution in [0.3, 0.4) is 0 Å². The third-order valence-electron chi connectivity index (χ3n) is 2.76. The second kappa shape index (κ2) is 4.22. The molecule has 0 amide bonds. The predicted molar refractivity (Wildman–Crippen MR) is 54.0 cm³/mol. The summed E-state index contributed by atoms with van der Waals surface area (Å²) >= 11 is 0. The van der Waals surface area contributed by atoms with Crippen LogP contribution in [0.2, 0.25) is 6.82 Å². The molecule has 0 aromatic heterocycles. The zero-order chi connectivity index (χ0) is 12.7. The molecule has 4 nitrogen and oxygen atoms in total. The van der Waals surface area contributed by atoms with E-state index in [1.165, 1.54) is 6.82 Å². The van der Waals surface area contributed by atoms with Gasteiger partial charge in [0, 0.05) is 0 Å². The number of rotatable bonds is 5. The molecule has 3 unspecified atom stereocenters. The van der Waals surface area contributed by atoms with Crippen molar-refractivity contribution in [2.45, 2.75) is 32.6 Å². The maximum atomic E-state index is 13.3. The lowest BCUT2D eigenvalue weighted by Crippen LogP contribution is -2.46. The minimum absolute atomic E-state index is 0.505. The zero-order valence-electron chi connectivity index (χ0n) is 9.33. The summed E-state index contributed by atoms with van der Waals surface area (Å²) in [5.74, 6) is -7.03. The van der Waals surface area contributed by atoms with Crippen molar-refractivity contribution in [3.63, 3.8) is 0 Å². The summed E-state index contributed by atoms with van der Waals surface area (Å²) in [6.45, 7) is 3.57. The average Bonchev–Trinajstić information content (AvgIpc) is 2.63. The van der Waals surface area contributed by atoms with Crippen molar-refractivity contribution in [2.75, 3.05) is 0 Å². The Balaban J connectivity index is 2.82. The van der Waals surface area contributed by atoms with Crippen molar-refractivity contribution in [3.8, 4) is 0 Å². The topological polar surface area (TPSA) is 66.4 Å². The van der Waals surface area contributed by atoms with Crippen molar-refractivity contribution in [3.05, 3.63) is 0 Å². The van der Waals surface area contributed by atoms with Gasteiger partial charge in [0.1, 0.15) is 11.6 Å². The quantitative estimate of drug-likeness (QED) is 0.661. The van der Waals surface area contributed by atoms with E-state index in [0.717, 1.165) is 13.8 Å². The summed E-state index contributed by atoms with van der Waals surface area (Å²) in [6.07, 6.45) is 0. The SMILES string of the molecule is CB(O)NC(C(C)=O)C1C(C(C)=O)C1(F)F. The van der Waals surface area contributed by atoms with Gasteiger partial charge in [-0.05, 0) is 20.7 Å². The molecule has 2 N–H and O–H groups in total. The van der Waals surface area contributed by atoms with E-state index < -0.39 is 42.4 Å². The fourth-order valence-corrected chi connectivity index (χ4v) is 2.02. The van der Waals surface area contributed by atoms with Crippen LogP contribution < -0.4 is 5.23 Å². The molecule has 0 radical (unpaired) electrons. The van der Waals surface area contributed by atoms with E-state index >= 15 is 0 Å². The van der Waals surface area contributed by atoms with E-state index in [9.17, 15) is 18.4 Å². The van der Waals surface area contributed by atoms with E-state index in [1.807, 2.05) is 0 Å². The number of hydrogen-bond acceptors (Lipinski definition) is 4. The summed E-state index contributed by atoms with van der Waals surface area (Å²) in [5, 5.41) is 11.4. The van der Waals surface area contributed by atoms with Gasteiger partial charge in [-0.2, -0.15) is 0 Å². The van der Waals surface area contributed by atoms with E-state index in [0.29, 0.717) is 0 Å². The molecule has 16 heavy (non-hydrogen) atoms. The van der Waals surface area contributed by atoms with E-state index in [1.54, 1.807) is 0 Å². The Morgan fingerprint density at radius 1 is 1.44 bits per heavy atom. The van der Waals surface area contributed by atoms with Gasteiger partial charge in [-0.25, -0.2) is 8.78 Å². The molecule has 0 aliphatic heterocycles. The molecule has 1 aliphatic rings. The fourth-order valence-electron chi connectivity index (χ4n) is 2.02. The smallest absolute Gasteiger partial charge is 0.374 e. The van der Waals surface area contributed by atoms with Crippen molar-refractivity contribution in [2.24, 2.45) is 11.8 Å². The standard InChI is InChI=1S/C9H14BF2NO3/c1-4(14)6-7(9(6,11)12)8(5(2)15)13-10(3)16/h6-8,13,16H,1-3H3. The summed E-state index contributed by atoms with van der Waals surface area (Å²) < 4.78 is 26.6. The average molecular weight is 233 g/mol. The number of alkyl halides is 2. The van der Waals surface area contributed by atoms with Crippen LogP contribution in [0.25, 0.3) is 0 Å². The first-order valence-corrected chi connectivity index (χ1v) is 5.02. The molecule has 0 spiro atoms. The predicted octanol–water partition coefficient (Wildman–Crippen LogP) is 0.114. The molecule has 1 saturated carbocycles. The van der Waals surface area contributed by atoms with Crippen molar-refractivity contribution in [1.82, 2.24) is 5.23 Å². The molecule has 1 fully saturated rings. The Bertz CT molecular complexity index is 322. The molecular formula is C9H14BF2NO3. The van der Waals surface area contributed by atoms with Crippen LogP contribution in [-0.2, 0) is 9.59 Å². The number of nitrogens with one attached hydrogen (secondary N) is 1. The molecule has 0 aromatic rings. The van der Waals surface area contributed by atoms with Gasteiger partial charge in [0.05, 0.1) is 17.9 Å². The van der Waals surface area contributed by atoms with Crippen molar-refractivity contribution in [1.29, 1.82) is 0 Å². The van der Waals surface area contributed by atoms with Gasteiger partial charge in [-0.15, -0.1) is 0 Å². The van der Waals surface area contributed by atoms with Gasteiger partial charge in [0.15, 0.2) is 0 Å². The Morgan fingerprint density at radius 2 is 1.94 bits per heavy atom. The highest BCUT2D eigenvalue weighted by atomic mass is 19.3. The highest BCUT2D eigenvalue weighted by Gasteiger charge is 2.73. The van der Waals surface area contributed by atoms with Crippen molar-refractivity contribution < 1.29 is 23.4 Å². The lowest BCUT2D eigenvalue weighted by atomic mass is 9.85. The third kappa shape index (κ3) is 2.30. The maximum absolute atomic E-state index is 13.3. The summed E-state index contributed by atoms with van der Waals surface area (Å²) in [7, 11) is -1.07. The van der Waals surface area contributed by atoms with Gasteiger partial charge in [-0.1, -0.05) is 0 Å². The molecule has 3 atom stereocenters. The first-order valence-electron chi connectivity index (χ1n) is 5.02. The molecule has 0 bridgehead atoms. The second-order valence-electron chi connectivity index (χ2n) is 4.22. The fraction of sp³-hybridized carbons (Fsp3) is 0.778. The molecule has 0 saturated heterocycles. The Hall–Kier alpha value is -0.815. The van der Waals surface area contributed by atoms with Gasteiger partial charge in [0.2, 0.25) is 0 Å². The minimum atomic E-state index is -3.15. The Morgan fingerprint density at radius 3 is 2.19 bits per heavy atom. The van der Waals surface area contributed by atoms with Crippen LogP contribution in [0.4, 0.5) is 8.78 Å². The van der Waals surface area contributed by atoms with E-state index in [-0.39, 0.29) is 0 Å². The summed E-state index contributed by atoms with van der Waals surface area (Å²) in [6, 6.07) is -1.18. The molecule has 0 aromatic carbocycles. The molecule has 1 rings (SSSR count). The monoisotopic (exact) mass is 233 g/mol. The third-order valence-corrected chi connectivity index (χ3v) is 2.76. The number of carbonyl (C=O) groups excluding carboxylic acids is 2. The first-order chi connectivity index (χ1) is 7.19. The van der Waals surface area contributed by atoms with Crippen LogP contribution in [0.15, 0.2) is 0 Å². The van der Waals surface area contributed by atoms with Crippen molar-refractivity contribution >= 4 is 18.6 Å². The Labute approximate surface area is 92.5 Å². The summed E-state index contributed by atoms with van der Waals surface area (Å²) in [4.78, 5) is 22.2. The molecule has 90 valence electrons. The van der Waals surface area contributed by atoms with Gasteiger partial charge in [-0.3, -0.25) is 9.59 Å². The summed E-state index contributed by atoms with van der Waals surface area (Å²) in [5.41, 5.74) is 0. The van der Waals surface area contributed by atoms with Crippen LogP contribution in [0, 0.1) is 11.8 Å². The number of ketones is 2. The maximum Gasteiger partial charge on any atom is 0.374 e. The number of halogens is 2. The highest BCUT2D eigenvalue weighted by Crippen LogP contribution is 2.57. The highest BCUT2D eigenvalue weighted by molar-refractivity contribution is 6.46. The molecule has 7 heteroatoms. The first kappa shape index (κ1) is 13.3. The number of hydrogen-bond donors (Lipinski definition) is 2. The molecule has 1 aliphatic carbocycles. The second-order valence-corrected chi connectivity index (χ2v) is 4.22. The lowest BCUT2D eigenvalue weighted by Gasteiger charge is -2.15. The lowest BCUT2D eigenvalue weighted by molar-refractivity contribution is -0.120. The number of carbonyl (C=O) groups is 2. The van der Waals surface area contributed by atoms with Gasteiger partial charge >= 0.3 is 7.05 Å². The van der Waals surface area contributed by atoms with Gasteiger partial charge < -0.3 is 10.3 Å². The van der Waals surface area contributed by atoms with E-state index in [4.69, 9.17) is 5.02 Å².